The standard InChI is InChI=1S/C17H17ClN2O/c1-2-20-10-12(16-9-14(19)5-8-17(16)20)11-21-15-6-3-13(18)4-7-15/h3-10H,2,11,19H2,1H3. The van der Waals surface area contributed by atoms with Crippen molar-refractivity contribution >= 4 is 28.2 Å². The lowest BCUT2D eigenvalue weighted by Crippen LogP contribution is -1.95. The number of ether oxygens (including phenoxy) is 1. The third kappa shape index (κ3) is 2.83. The molecular formula is C17H17ClN2O. The van der Waals surface area contributed by atoms with Crippen LogP contribution in [0.5, 0.6) is 5.75 Å². The van der Waals surface area contributed by atoms with Crippen LogP contribution in [-0.4, -0.2) is 4.57 Å². The van der Waals surface area contributed by atoms with Crippen LogP contribution in [-0.2, 0) is 13.2 Å². The van der Waals surface area contributed by atoms with Gasteiger partial charge in [-0.3, -0.25) is 0 Å². The zero-order valence-electron chi connectivity index (χ0n) is 11.8. The summed E-state index contributed by atoms with van der Waals surface area (Å²) in [5, 5.41) is 1.85. The fourth-order valence-corrected chi connectivity index (χ4v) is 2.58. The number of benzene rings is 2. The first-order valence-corrected chi connectivity index (χ1v) is 7.31. The van der Waals surface area contributed by atoms with E-state index >= 15 is 0 Å². The molecule has 3 rings (SSSR count). The van der Waals surface area contributed by atoms with Crippen LogP contribution in [0.15, 0.2) is 48.7 Å². The van der Waals surface area contributed by atoms with Gasteiger partial charge in [0.15, 0.2) is 0 Å². The Bertz CT molecular complexity index is 762. The molecule has 2 N–H and O–H groups in total. The maximum absolute atomic E-state index is 5.90. The summed E-state index contributed by atoms with van der Waals surface area (Å²) in [5.41, 5.74) is 8.99. The lowest BCUT2D eigenvalue weighted by atomic mass is 10.1. The largest absolute Gasteiger partial charge is 0.489 e. The van der Waals surface area contributed by atoms with E-state index in [1.807, 2.05) is 36.4 Å². The molecule has 0 atom stereocenters. The molecule has 108 valence electrons. The Morgan fingerprint density at radius 3 is 2.62 bits per heavy atom. The van der Waals surface area contributed by atoms with Gasteiger partial charge in [0.1, 0.15) is 12.4 Å². The van der Waals surface area contributed by atoms with E-state index in [-0.39, 0.29) is 0 Å². The number of aryl methyl sites for hydroxylation is 1. The van der Waals surface area contributed by atoms with E-state index in [0.29, 0.717) is 11.6 Å². The van der Waals surface area contributed by atoms with Gasteiger partial charge in [-0.1, -0.05) is 11.6 Å². The van der Waals surface area contributed by atoms with E-state index in [0.717, 1.165) is 28.9 Å². The molecule has 2 aromatic carbocycles. The van der Waals surface area contributed by atoms with E-state index in [1.54, 1.807) is 0 Å². The number of nitrogen functional groups attached to an aromatic ring is 1. The first-order valence-electron chi connectivity index (χ1n) is 6.93. The Hall–Kier alpha value is -2.13. The molecule has 0 unspecified atom stereocenters. The Labute approximate surface area is 128 Å². The van der Waals surface area contributed by atoms with Crippen molar-refractivity contribution in [3.05, 3.63) is 59.2 Å². The highest BCUT2D eigenvalue weighted by atomic mass is 35.5. The third-order valence-corrected chi connectivity index (χ3v) is 3.79. The molecule has 0 aliphatic carbocycles. The SMILES string of the molecule is CCn1cc(COc2ccc(Cl)cc2)c2cc(N)ccc21. The second-order valence-corrected chi connectivity index (χ2v) is 5.40. The topological polar surface area (TPSA) is 40.2 Å². The van der Waals surface area contributed by atoms with Crippen molar-refractivity contribution in [2.75, 3.05) is 5.73 Å². The molecule has 3 nitrogen and oxygen atoms in total. The zero-order valence-corrected chi connectivity index (χ0v) is 12.6. The van der Waals surface area contributed by atoms with Gasteiger partial charge in [0.05, 0.1) is 0 Å². The fraction of sp³-hybridized carbons (Fsp3) is 0.176. The first kappa shape index (κ1) is 13.8. The Morgan fingerprint density at radius 1 is 1.14 bits per heavy atom. The maximum atomic E-state index is 5.90. The van der Waals surface area contributed by atoms with Crippen molar-refractivity contribution in [2.24, 2.45) is 0 Å². The molecule has 0 spiro atoms. The highest BCUT2D eigenvalue weighted by Gasteiger charge is 2.08. The summed E-state index contributed by atoms with van der Waals surface area (Å²) in [7, 11) is 0. The quantitative estimate of drug-likeness (QED) is 0.722. The number of aromatic nitrogens is 1. The number of halogens is 1. The van der Waals surface area contributed by atoms with Gasteiger partial charge in [-0.05, 0) is 49.4 Å². The summed E-state index contributed by atoms with van der Waals surface area (Å²) in [6.07, 6.45) is 2.13. The number of nitrogens with two attached hydrogens (primary N) is 1. The van der Waals surface area contributed by atoms with E-state index in [2.05, 4.69) is 23.8 Å². The van der Waals surface area contributed by atoms with Gasteiger partial charge in [-0.15, -0.1) is 0 Å². The highest BCUT2D eigenvalue weighted by Crippen LogP contribution is 2.25. The van der Waals surface area contributed by atoms with E-state index in [1.165, 1.54) is 5.52 Å². The molecule has 1 aromatic heterocycles. The Balaban J connectivity index is 1.89. The van der Waals surface area contributed by atoms with Crippen molar-refractivity contribution in [1.82, 2.24) is 4.57 Å². The normalized spacial score (nSPS) is 11.0. The molecule has 0 bridgehead atoms. The number of hydrogen-bond donors (Lipinski definition) is 1. The lowest BCUT2D eigenvalue weighted by Gasteiger charge is -2.05. The van der Waals surface area contributed by atoms with Crippen LogP contribution in [0.4, 0.5) is 5.69 Å². The number of hydrogen-bond acceptors (Lipinski definition) is 2. The number of anilines is 1. The molecule has 3 aromatic rings. The lowest BCUT2D eigenvalue weighted by molar-refractivity contribution is 0.307. The number of rotatable bonds is 4. The summed E-state index contributed by atoms with van der Waals surface area (Å²) in [5.74, 6) is 0.806. The van der Waals surface area contributed by atoms with Crippen LogP contribution in [0.3, 0.4) is 0 Å². The van der Waals surface area contributed by atoms with Crippen molar-refractivity contribution in [1.29, 1.82) is 0 Å². The molecule has 0 saturated heterocycles. The van der Waals surface area contributed by atoms with Crippen LogP contribution in [0.25, 0.3) is 10.9 Å². The van der Waals surface area contributed by atoms with Gasteiger partial charge in [-0.25, -0.2) is 0 Å². The summed E-state index contributed by atoms with van der Waals surface area (Å²) in [6.45, 7) is 3.55. The van der Waals surface area contributed by atoms with Gasteiger partial charge in [0.25, 0.3) is 0 Å². The number of fused-ring (bicyclic) bond motifs is 1. The van der Waals surface area contributed by atoms with Crippen molar-refractivity contribution in [2.45, 2.75) is 20.1 Å². The summed E-state index contributed by atoms with van der Waals surface area (Å²) in [6, 6.07) is 13.4. The fourth-order valence-electron chi connectivity index (χ4n) is 2.46. The number of nitrogens with zero attached hydrogens (tertiary/aromatic N) is 1. The maximum Gasteiger partial charge on any atom is 0.119 e. The minimum absolute atomic E-state index is 0.509. The summed E-state index contributed by atoms with van der Waals surface area (Å²) >= 11 is 5.87. The molecule has 21 heavy (non-hydrogen) atoms. The molecule has 1 heterocycles. The average Bonchev–Trinajstić information content (AvgIpc) is 2.84. The van der Waals surface area contributed by atoms with E-state index in [9.17, 15) is 0 Å². The smallest absolute Gasteiger partial charge is 0.119 e. The molecule has 0 fully saturated rings. The third-order valence-electron chi connectivity index (χ3n) is 3.54. The molecule has 0 amide bonds. The minimum atomic E-state index is 0.509. The highest BCUT2D eigenvalue weighted by molar-refractivity contribution is 6.30. The molecule has 0 saturated carbocycles. The van der Waals surface area contributed by atoms with Crippen molar-refractivity contribution in [3.63, 3.8) is 0 Å². The van der Waals surface area contributed by atoms with Gasteiger partial charge < -0.3 is 15.0 Å². The molecular weight excluding hydrogens is 284 g/mol. The van der Waals surface area contributed by atoms with Crippen molar-refractivity contribution < 1.29 is 4.74 Å². The average molecular weight is 301 g/mol. The zero-order chi connectivity index (χ0) is 14.8. The van der Waals surface area contributed by atoms with Crippen LogP contribution >= 0.6 is 11.6 Å². The van der Waals surface area contributed by atoms with Gasteiger partial charge in [0.2, 0.25) is 0 Å². The van der Waals surface area contributed by atoms with Crippen LogP contribution in [0, 0.1) is 0 Å². The van der Waals surface area contributed by atoms with Crippen LogP contribution < -0.4 is 10.5 Å². The molecule has 0 radical (unpaired) electrons. The van der Waals surface area contributed by atoms with Gasteiger partial charge in [-0.2, -0.15) is 0 Å². The molecule has 0 aliphatic rings. The summed E-state index contributed by atoms with van der Waals surface area (Å²) < 4.78 is 8.04. The Morgan fingerprint density at radius 2 is 1.90 bits per heavy atom. The van der Waals surface area contributed by atoms with Crippen molar-refractivity contribution in [3.8, 4) is 5.75 Å². The predicted octanol–water partition coefficient (Wildman–Crippen LogP) is 4.48. The van der Waals surface area contributed by atoms with Gasteiger partial charge >= 0.3 is 0 Å². The monoisotopic (exact) mass is 300 g/mol. The molecule has 0 aliphatic heterocycles. The van der Waals surface area contributed by atoms with Gasteiger partial charge in [0, 0.05) is 39.9 Å². The Kier molecular flexibility index (Phi) is 3.76. The summed E-state index contributed by atoms with van der Waals surface area (Å²) in [4.78, 5) is 0. The van der Waals surface area contributed by atoms with E-state index < -0.39 is 0 Å². The second kappa shape index (κ2) is 5.70. The predicted molar refractivity (Wildman–Crippen MR) is 87.8 cm³/mol. The van der Waals surface area contributed by atoms with Crippen LogP contribution in [0.2, 0.25) is 5.02 Å². The first-order chi connectivity index (χ1) is 10.2. The second-order valence-electron chi connectivity index (χ2n) is 4.96. The molecule has 4 heteroatoms. The minimum Gasteiger partial charge on any atom is -0.489 e. The van der Waals surface area contributed by atoms with E-state index in [4.69, 9.17) is 22.1 Å². The van der Waals surface area contributed by atoms with Crippen LogP contribution in [0.1, 0.15) is 12.5 Å².